The van der Waals surface area contributed by atoms with Crippen molar-refractivity contribution >= 4 is 17.7 Å². The second-order valence-electron chi connectivity index (χ2n) is 9.84. The molecule has 2 heteroatoms. The lowest BCUT2D eigenvalue weighted by Crippen LogP contribution is -2.39. The molecule has 0 aliphatic carbocycles. The van der Waals surface area contributed by atoms with Crippen LogP contribution in [0.4, 0.5) is 11.4 Å². The van der Waals surface area contributed by atoms with Gasteiger partial charge in [0.2, 0.25) is 6.34 Å². The SMILES string of the molecule is CCCCC1C(CCCC)[N+](c2c(C)cc(C)cc2C)=CN1c1c(C)cc(C)cc1C. The lowest BCUT2D eigenvalue weighted by molar-refractivity contribution is -0.476. The summed E-state index contributed by atoms with van der Waals surface area (Å²) in [7, 11) is 0. The Hall–Kier alpha value is -2.09. The van der Waals surface area contributed by atoms with Gasteiger partial charge < -0.3 is 0 Å². The van der Waals surface area contributed by atoms with E-state index in [1.54, 1.807) is 0 Å². The molecule has 0 saturated carbocycles. The van der Waals surface area contributed by atoms with Crippen molar-refractivity contribution in [3.05, 3.63) is 57.6 Å². The molecular weight excluding hydrogens is 376 g/mol. The monoisotopic (exact) mass is 419 g/mol. The highest BCUT2D eigenvalue weighted by Gasteiger charge is 2.44. The molecule has 2 aromatic rings. The van der Waals surface area contributed by atoms with Crippen LogP contribution in [0.1, 0.15) is 85.8 Å². The predicted molar refractivity (Wildman–Crippen MR) is 136 cm³/mol. The van der Waals surface area contributed by atoms with Gasteiger partial charge in [-0.05, 0) is 89.5 Å². The first-order chi connectivity index (χ1) is 14.8. The Morgan fingerprint density at radius 2 is 1.19 bits per heavy atom. The van der Waals surface area contributed by atoms with Gasteiger partial charge in [-0.1, -0.05) is 62.1 Å². The van der Waals surface area contributed by atoms with Crippen molar-refractivity contribution in [3.8, 4) is 0 Å². The molecule has 1 heterocycles. The average Bonchev–Trinajstić information content (AvgIpc) is 3.00. The van der Waals surface area contributed by atoms with Crippen LogP contribution in [0.5, 0.6) is 0 Å². The van der Waals surface area contributed by atoms with Crippen LogP contribution in [-0.2, 0) is 0 Å². The minimum atomic E-state index is 0.520. The van der Waals surface area contributed by atoms with Crippen molar-refractivity contribution in [2.75, 3.05) is 4.90 Å². The largest absolute Gasteiger partial charge is 0.245 e. The Kier molecular flexibility index (Phi) is 7.62. The first-order valence-electron chi connectivity index (χ1n) is 12.4. The van der Waals surface area contributed by atoms with Gasteiger partial charge in [-0.2, -0.15) is 0 Å². The van der Waals surface area contributed by atoms with Crippen LogP contribution in [-0.4, -0.2) is 23.0 Å². The number of hydrogen-bond donors (Lipinski definition) is 0. The summed E-state index contributed by atoms with van der Waals surface area (Å²) < 4.78 is 2.64. The fraction of sp³-hybridized carbons (Fsp3) is 0.552. The molecule has 2 unspecified atom stereocenters. The summed E-state index contributed by atoms with van der Waals surface area (Å²) >= 11 is 0. The van der Waals surface area contributed by atoms with Gasteiger partial charge in [-0.15, -0.1) is 0 Å². The summed E-state index contributed by atoms with van der Waals surface area (Å²) in [6.45, 7) is 18.2. The third-order valence-electron chi connectivity index (χ3n) is 6.90. The Labute approximate surface area is 191 Å². The first kappa shape index (κ1) is 23.6. The summed E-state index contributed by atoms with van der Waals surface area (Å²) in [5.74, 6) is 0. The topological polar surface area (TPSA) is 6.25 Å². The van der Waals surface area contributed by atoms with Crippen molar-refractivity contribution in [2.24, 2.45) is 0 Å². The van der Waals surface area contributed by atoms with E-state index in [1.165, 1.54) is 83.3 Å². The number of rotatable bonds is 8. The third-order valence-corrected chi connectivity index (χ3v) is 6.90. The lowest BCUT2D eigenvalue weighted by atomic mass is 9.94. The highest BCUT2D eigenvalue weighted by molar-refractivity contribution is 5.83. The number of hydrogen-bond acceptors (Lipinski definition) is 1. The molecule has 3 rings (SSSR count). The van der Waals surface area contributed by atoms with Crippen LogP contribution in [0, 0.1) is 41.5 Å². The fourth-order valence-electron chi connectivity index (χ4n) is 5.77. The van der Waals surface area contributed by atoms with Crippen LogP contribution >= 0.6 is 0 Å². The first-order valence-corrected chi connectivity index (χ1v) is 12.4. The highest BCUT2D eigenvalue weighted by Crippen LogP contribution is 2.38. The average molecular weight is 420 g/mol. The van der Waals surface area contributed by atoms with E-state index in [0.29, 0.717) is 12.1 Å². The molecule has 0 N–H and O–H groups in total. The van der Waals surface area contributed by atoms with Gasteiger partial charge in [0.05, 0.1) is 0 Å². The van der Waals surface area contributed by atoms with E-state index in [4.69, 9.17) is 0 Å². The predicted octanol–water partition coefficient (Wildman–Crippen LogP) is 7.85. The molecule has 0 spiro atoms. The molecule has 0 saturated heterocycles. The summed E-state index contributed by atoms with van der Waals surface area (Å²) in [5.41, 5.74) is 11.1. The van der Waals surface area contributed by atoms with Crippen molar-refractivity contribution in [2.45, 2.75) is 106 Å². The second kappa shape index (κ2) is 10.0. The zero-order valence-electron chi connectivity index (χ0n) is 21.2. The third kappa shape index (κ3) is 4.89. The van der Waals surface area contributed by atoms with E-state index < -0.39 is 0 Å². The molecule has 2 nitrogen and oxygen atoms in total. The standard InChI is InChI=1S/C29H43N2/c1-9-11-13-26-27(14-12-10-2)31(29-24(7)17-21(4)18-25(29)8)19-30(26)28-22(5)15-20(3)16-23(28)6/h15-19,26-27H,9-14H2,1-8H3/q+1. The van der Waals surface area contributed by atoms with Crippen molar-refractivity contribution < 1.29 is 4.58 Å². The van der Waals surface area contributed by atoms with E-state index in [2.05, 4.69) is 95.5 Å². The van der Waals surface area contributed by atoms with Crippen LogP contribution in [0.2, 0.25) is 0 Å². The van der Waals surface area contributed by atoms with E-state index >= 15 is 0 Å². The molecule has 0 fully saturated rings. The van der Waals surface area contributed by atoms with Gasteiger partial charge in [0.25, 0.3) is 0 Å². The maximum atomic E-state index is 2.64. The van der Waals surface area contributed by atoms with Crippen molar-refractivity contribution in [1.82, 2.24) is 0 Å². The number of unbranched alkanes of at least 4 members (excludes halogenated alkanes) is 2. The van der Waals surface area contributed by atoms with Gasteiger partial charge in [-0.25, -0.2) is 9.48 Å². The van der Waals surface area contributed by atoms with E-state index in [1.807, 2.05) is 0 Å². The molecule has 0 amide bonds. The summed E-state index contributed by atoms with van der Waals surface area (Å²) in [6.07, 6.45) is 10.0. The minimum Gasteiger partial charge on any atom is -0.226 e. The van der Waals surface area contributed by atoms with Crippen molar-refractivity contribution in [3.63, 3.8) is 0 Å². The van der Waals surface area contributed by atoms with Gasteiger partial charge in [0.1, 0.15) is 23.5 Å². The van der Waals surface area contributed by atoms with Crippen molar-refractivity contribution in [1.29, 1.82) is 0 Å². The molecule has 168 valence electrons. The Morgan fingerprint density at radius 3 is 1.71 bits per heavy atom. The van der Waals surface area contributed by atoms with Crippen LogP contribution in [0.25, 0.3) is 0 Å². The Morgan fingerprint density at radius 1 is 0.710 bits per heavy atom. The molecule has 1 aliphatic heterocycles. The normalized spacial score (nSPS) is 18.6. The number of benzene rings is 2. The molecule has 0 aromatic heterocycles. The molecule has 0 radical (unpaired) electrons. The van der Waals surface area contributed by atoms with Gasteiger partial charge >= 0.3 is 0 Å². The highest BCUT2D eigenvalue weighted by atomic mass is 15.3. The van der Waals surface area contributed by atoms with Crippen LogP contribution in [0.15, 0.2) is 24.3 Å². The van der Waals surface area contributed by atoms with E-state index in [0.717, 1.165) is 0 Å². The molecule has 2 atom stereocenters. The molecule has 2 aromatic carbocycles. The van der Waals surface area contributed by atoms with E-state index in [-0.39, 0.29) is 0 Å². The summed E-state index contributed by atoms with van der Waals surface area (Å²) in [6, 6.07) is 10.4. The van der Waals surface area contributed by atoms with Crippen LogP contribution < -0.4 is 4.90 Å². The quantitative estimate of drug-likeness (QED) is 0.395. The maximum Gasteiger partial charge on any atom is 0.245 e. The second-order valence-corrected chi connectivity index (χ2v) is 9.84. The zero-order chi connectivity index (χ0) is 22.7. The molecule has 1 aliphatic rings. The van der Waals surface area contributed by atoms with Gasteiger partial charge in [0.15, 0.2) is 0 Å². The van der Waals surface area contributed by atoms with Gasteiger partial charge in [0, 0.05) is 0 Å². The Balaban J connectivity index is 2.19. The van der Waals surface area contributed by atoms with E-state index in [9.17, 15) is 0 Å². The fourth-order valence-corrected chi connectivity index (χ4v) is 5.77. The molecule has 31 heavy (non-hydrogen) atoms. The van der Waals surface area contributed by atoms with Crippen LogP contribution in [0.3, 0.4) is 0 Å². The minimum absolute atomic E-state index is 0.520. The molecule has 0 bridgehead atoms. The Bertz CT molecular complexity index is 907. The zero-order valence-corrected chi connectivity index (χ0v) is 21.2. The van der Waals surface area contributed by atoms with Gasteiger partial charge in [-0.3, -0.25) is 0 Å². The lowest BCUT2D eigenvalue weighted by Gasteiger charge is -2.26. The summed E-state index contributed by atoms with van der Waals surface area (Å²) in [5, 5.41) is 0. The number of nitrogens with zero attached hydrogens (tertiary/aromatic N) is 2. The summed E-state index contributed by atoms with van der Waals surface area (Å²) in [4.78, 5) is 2.64. The number of aryl methyl sites for hydroxylation is 6. The number of anilines is 1. The smallest absolute Gasteiger partial charge is 0.226 e. The maximum absolute atomic E-state index is 2.64. The molecular formula is C29H43N2+.